The lowest BCUT2D eigenvalue weighted by atomic mass is 10.1. The Hall–Kier alpha value is -1.28. The molecule has 1 aromatic carbocycles. The first-order valence-electron chi connectivity index (χ1n) is 4.41. The highest BCUT2D eigenvalue weighted by molar-refractivity contribution is 6.31. The van der Waals surface area contributed by atoms with E-state index in [0.29, 0.717) is 16.2 Å². The van der Waals surface area contributed by atoms with Gasteiger partial charge in [-0.25, -0.2) is 0 Å². The van der Waals surface area contributed by atoms with E-state index in [0.717, 1.165) is 23.9 Å². The zero-order valence-corrected chi connectivity index (χ0v) is 8.47. The van der Waals surface area contributed by atoms with Crippen LogP contribution in [0.1, 0.15) is 23.0 Å². The number of furan rings is 1. The number of halogens is 1. The normalized spacial score (nSPS) is 10.7. The Balaban J connectivity index is 2.77. The van der Waals surface area contributed by atoms with Crippen molar-refractivity contribution in [3.63, 3.8) is 0 Å². The van der Waals surface area contributed by atoms with Gasteiger partial charge in [0.1, 0.15) is 11.3 Å². The molecule has 0 atom stereocenters. The lowest BCUT2D eigenvalue weighted by Crippen LogP contribution is -1.79. The largest absolute Gasteiger partial charge is 0.460 e. The van der Waals surface area contributed by atoms with Gasteiger partial charge in [0.2, 0.25) is 0 Å². The summed E-state index contributed by atoms with van der Waals surface area (Å²) in [5, 5.41) is 1.44. The van der Waals surface area contributed by atoms with Gasteiger partial charge >= 0.3 is 0 Å². The van der Waals surface area contributed by atoms with Crippen LogP contribution in [0.25, 0.3) is 11.0 Å². The molecule has 0 saturated heterocycles. The second kappa shape index (κ2) is 3.46. The van der Waals surface area contributed by atoms with Gasteiger partial charge in [0, 0.05) is 16.8 Å². The lowest BCUT2D eigenvalue weighted by Gasteiger charge is -1.94. The van der Waals surface area contributed by atoms with Gasteiger partial charge in [-0.2, -0.15) is 0 Å². The average Bonchev–Trinajstić information content (AvgIpc) is 2.59. The molecule has 0 unspecified atom stereocenters. The molecular weight excluding hydrogens is 200 g/mol. The predicted molar refractivity (Wildman–Crippen MR) is 56.0 cm³/mol. The van der Waals surface area contributed by atoms with Gasteiger partial charge in [-0.15, -0.1) is 0 Å². The van der Waals surface area contributed by atoms with E-state index in [1.807, 2.05) is 13.0 Å². The van der Waals surface area contributed by atoms with Gasteiger partial charge in [0.05, 0.1) is 5.56 Å². The number of fused-ring (bicyclic) bond motifs is 1. The molecule has 0 fully saturated rings. The van der Waals surface area contributed by atoms with Crippen molar-refractivity contribution in [2.75, 3.05) is 0 Å². The maximum Gasteiger partial charge on any atom is 0.153 e. The first-order valence-corrected chi connectivity index (χ1v) is 4.79. The van der Waals surface area contributed by atoms with Gasteiger partial charge in [-0.1, -0.05) is 18.5 Å². The van der Waals surface area contributed by atoms with E-state index in [4.69, 9.17) is 16.0 Å². The predicted octanol–water partition coefficient (Wildman–Crippen LogP) is 3.46. The van der Waals surface area contributed by atoms with Crippen LogP contribution in [0.5, 0.6) is 0 Å². The molecule has 1 heterocycles. The Morgan fingerprint density at radius 1 is 1.43 bits per heavy atom. The van der Waals surface area contributed by atoms with Crippen molar-refractivity contribution in [2.24, 2.45) is 0 Å². The molecule has 1 aromatic heterocycles. The number of carbonyl (C=O) groups excluding carboxylic acids is 1. The maximum absolute atomic E-state index is 10.8. The topological polar surface area (TPSA) is 30.2 Å². The molecule has 0 N–H and O–H groups in total. The van der Waals surface area contributed by atoms with Crippen LogP contribution in [0.4, 0.5) is 0 Å². The Bertz CT molecular complexity index is 485. The Kier molecular flexibility index (Phi) is 2.30. The number of benzene rings is 1. The quantitative estimate of drug-likeness (QED) is 0.708. The first kappa shape index (κ1) is 9.28. The van der Waals surface area contributed by atoms with Crippen molar-refractivity contribution in [3.05, 3.63) is 34.5 Å². The maximum atomic E-state index is 10.8. The molecule has 0 aliphatic carbocycles. The number of rotatable bonds is 2. The van der Waals surface area contributed by atoms with E-state index in [9.17, 15) is 4.79 Å². The SMILES string of the molecule is CCc1cc2cc(Cl)cc(C=O)c2o1. The summed E-state index contributed by atoms with van der Waals surface area (Å²) in [6.07, 6.45) is 1.57. The van der Waals surface area contributed by atoms with E-state index >= 15 is 0 Å². The van der Waals surface area contributed by atoms with Crippen molar-refractivity contribution >= 4 is 28.9 Å². The third-order valence-corrected chi connectivity index (χ3v) is 2.35. The minimum Gasteiger partial charge on any atom is -0.460 e. The van der Waals surface area contributed by atoms with Gasteiger partial charge < -0.3 is 4.42 Å². The van der Waals surface area contributed by atoms with Crippen molar-refractivity contribution < 1.29 is 9.21 Å². The minimum atomic E-state index is 0.507. The third kappa shape index (κ3) is 1.42. The summed E-state index contributed by atoms with van der Waals surface area (Å²) >= 11 is 5.85. The van der Waals surface area contributed by atoms with Gasteiger partial charge in [-0.05, 0) is 18.2 Å². The third-order valence-electron chi connectivity index (χ3n) is 2.14. The molecule has 2 rings (SSSR count). The molecular formula is C11H9ClO2. The van der Waals surface area contributed by atoms with Crippen LogP contribution in [-0.2, 0) is 6.42 Å². The molecule has 14 heavy (non-hydrogen) atoms. The van der Waals surface area contributed by atoms with E-state index < -0.39 is 0 Å². The fourth-order valence-electron chi connectivity index (χ4n) is 1.46. The molecule has 0 amide bonds. The van der Waals surface area contributed by atoms with Crippen molar-refractivity contribution in [1.82, 2.24) is 0 Å². The molecule has 2 nitrogen and oxygen atoms in total. The Morgan fingerprint density at radius 3 is 2.86 bits per heavy atom. The molecule has 0 aliphatic heterocycles. The van der Waals surface area contributed by atoms with Crippen molar-refractivity contribution in [2.45, 2.75) is 13.3 Å². The summed E-state index contributed by atoms with van der Waals surface area (Å²) in [5.41, 5.74) is 1.13. The summed E-state index contributed by atoms with van der Waals surface area (Å²) in [5.74, 6) is 0.866. The Labute approximate surface area is 86.5 Å². The highest BCUT2D eigenvalue weighted by atomic mass is 35.5. The fraction of sp³-hybridized carbons (Fsp3) is 0.182. The van der Waals surface area contributed by atoms with Gasteiger partial charge in [0.15, 0.2) is 6.29 Å². The molecule has 72 valence electrons. The van der Waals surface area contributed by atoms with Gasteiger partial charge in [-0.3, -0.25) is 4.79 Å². The van der Waals surface area contributed by atoms with Crippen molar-refractivity contribution in [1.29, 1.82) is 0 Å². The van der Waals surface area contributed by atoms with E-state index in [1.54, 1.807) is 12.1 Å². The molecule has 0 bridgehead atoms. The monoisotopic (exact) mass is 208 g/mol. The molecule has 0 radical (unpaired) electrons. The number of carbonyl (C=O) groups is 1. The second-order valence-electron chi connectivity index (χ2n) is 3.10. The summed E-state index contributed by atoms with van der Waals surface area (Å²) in [6.45, 7) is 2.00. The first-order chi connectivity index (χ1) is 6.74. The summed E-state index contributed by atoms with van der Waals surface area (Å²) in [6, 6.07) is 5.32. The van der Waals surface area contributed by atoms with E-state index in [1.165, 1.54) is 0 Å². The van der Waals surface area contributed by atoms with Crippen LogP contribution in [0, 0.1) is 0 Å². The lowest BCUT2D eigenvalue weighted by molar-refractivity contribution is 0.112. The number of aryl methyl sites for hydroxylation is 1. The summed E-state index contributed by atoms with van der Waals surface area (Å²) in [4.78, 5) is 10.8. The second-order valence-corrected chi connectivity index (χ2v) is 3.53. The van der Waals surface area contributed by atoms with E-state index in [-0.39, 0.29) is 0 Å². The molecule has 3 heteroatoms. The zero-order valence-electron chi connectivity index (χ0n) is 7.71. The van der Waals surface area contributed by atoms with Crippen LogP contribution in [0.3, 0.4) is 0 Å². The van der Waals surface area contributed by atoms with Crippen molar-refractivity contribution in [3.8, 4) is 0 Å². The molecule has 0 aliphatic rings. The summed E-state index contributed by atoms with van der Waals surface area (Å²) in [7, 11) is 0. The number of aldehydes is 1. The van der Waals surface area contributed by atoms with Crippen LogP contribution in [0.15, 0.2) is 22.6 Å². The highest BCUT2D eigenvalue weighted by Crippen LogP contribution is 2.26. The number of hydrogen-bond donors (Lipinski definition) is 0. The zero-order chi connectivity index (χ0) is 10.1. The number of hydrogen-bond acceptors (Lipinski definition) is 2. The molecule has 2 aromatic rings. The van der Waals surface area contributed by atoms with Crippen LogP contribution < -0.4 is 0 Å². The molecule has 0 saturated carbocycles. The standard InChI is InChI=1S/C11H9ClO2/c1-2-10-5-7-3-9(12)4-8(6-13)11(7)14-10/h3-6H,2H2,1H3. The van der Waals surface area contributed by atoms with Crippen LogP contribution >= 0.6 is 11.6 Å². The van der Waals surface area contributed by atoms with Gasteiger partial charge in [0.25, 0.3) is 0 Å². The summed E-state index contributed by atoms with van der Waals surface area (Å²) < 4.78 is 5.50. The fourth-order valence-corrected chi connectivity index (χ4v) is 1.69. The van der Waals surface area contributed by atoms with Crippen LogP contribution in [-0.4, -0.2) is 6.29 Å². The average molecular weight is 209 g/mol. The molecule has 0 spiro atoms. The van der Waals surface area contributed by atoms with E-state index in [2.05, 4.69) is 0 Å². The minimum absolute atomic E-state index is 0.507. The smallest absolute Gasteiger partial charge is 0.153 e. The Morgan fingerprint density at radius 2 is 2.21 bits per heavy atom. The van der Waals surface area contributed by atoms with Crippen LogP contribution in [0.2, 0.25) is 5.02 Å². The highest BCUT2D eigenvalue weighted by Gasteiger charge is 2.08.